The highest BCUT2D eigenvalue weighted by molar-refractivity contribution is 6.31. The Kier molecular flexibility index (Phi) is 5.57. The minimum absolute atomic E-state index is 0.132. The molecule has 1 fully saturated rings. The number of nitrogens with one attached hydrogen (secondary N) is 1. The summed E-state index contributed by atoms with van der Waals surface area (Å²) >= 11 is 6.06. The summed E-state index contributed by atoms with van der Waals surface area (Å²) in [6.45, 7) is 3.14. The van der Waals surface area contributed by atoms with E-state index in [4.69, 9.17) is 11.6 Å². The molecule has 0 saturated carbocycles. The van der Waals surface area contributed by atoms with Gasteiger partial charge in [0.25, 0.3) is 11.8 Å². The Morgan fingerprint density at radius 1 is 1.04 bits per heavy atom. The zero-order chi connectivity index (χ0) is 18.7. The van der Waals surface area contributed by atoms with Gasteiger partial charge in [-0.1, -0.05) is 17.7 Å². The number of piperidine rings is 1. The van der Waals surface area contributed by atoms with Gasteiger partial charge in [0.15, 0.2) is 0 Å². The standard InChI is InChI=1S/C20H20ClFN2O2/c1-13-5-7-15(22)12-17(13)19(25)23-18-11-14(21)6-8-16(18)20(26)24-9-3-2-4-10-24/h5-8,11-12H,2-4,9-10H2,1H3,(H,23,25). The maximum absolute atomic E-state index is 13.5. The molecule has 1 saturated heterocycles. The Bertz CT molecular complexity index is 848. The van der Waals surface area contributed by atoms with Crippen LogP contribution < -0.4 is 5.32 Å². The minimum Gasteiger partial charge on any atom is -0.339 e. The van der Waals surface area contributed by atoms with Crippen molar-refractivity contribution in [2.24, 2.45) is 0 Å². The maximum Gasteiger partial charge on any atom is 0.256 e. The second-order valence-electron chi connectivity index (χ2n) is 6.46. The van der Waals surface area contributed by atoms with Gasteiger partial charge in [0, 0.05) is 23.7 Å². The number of carbonyl (C=O) groups excluding carboxylic acids is 2. The lowest BCUT2D eigenvalue weighted by Crippen LogP contribution is -2.36. The van der Waals surface area contributed by atoms with Gasteiger partial charge in [-0.25, -0.2) is 4.39 Å². The van der Waals surface area contributed by atoms with Crippen LogP contribution in [-0.4, -0.2) is 29.8 Å². The van der Waals surface area contributed by atoms with Gasteiger partial charge in [0.05, 0.1) is 11.3 Å². The first-order chi connectivity index (χ1) is 12.5. The number of hydrogen-bond acceptors (Lipinski definition) is 2. The van der Waals surface area contributed by atoms with Crippen molar-refractivity contribution in [2.45, 2.75) is 26.2 Å². The highest BCUT2D eigenvalue weighted by atomic mass is 35.5. The van der Waals surface area contributed by atoms with E-state index in [9.17, 15) is 14.0 Å². The van der Waals surface area contributed by atoms with Crippen LogP contribution in [0.15, 0.2) is 36.4 Å². The Labute approximate surface area is 157 Å². The summed E-state index contributed by atoms with van der Waals surface area (Å²) in [4.78, 5) is 27.2. The minimum atomic E-state index is -0.489. The quantitative estimate of drug-likeness (QED) is 0.849. The molecule has 26 heavy (non-hydrogen) atoms. The van der Waals surface area contributed by atoms with E-state index < -0.39 is 11.7 Å². The predicted octanol–water partition coefficient (Wildman–Crippen LogP) is 4.67. The highest BCUT2D eigenvalue weighted by Gasteiger charge is 2.22. The number of anilines is 1. The van der Waals surface area contributed by atoms with Crippen molar-refractivity contribution in [1.82, 2.24) is 4.90 Å². The molecule has 0 atom stereocenters. The zero-order valence-electron chi connectivity index (χ0n) is 14.5. The number of likely N-dealkylation sites (tertiary alicyclic amines) is 1. The van der Waals surface area contributed by atoms with Crippen molar-refractivity contribution < 1.29 is 14.0 Å². The lowest BCUT2D eigenvalue weighted by atomic mass is 10.1. The number of hydrogen-bond donors (Lipinski definition) is 1. The van der Waals surface area contributed by atoms with Crippen LogP contribution in [0.4, 0.5) is 10.1 Å². The largest absolute Gasteiger partial charge is 0.339 e. The summed E-state index contributed by atoms with van der Waals surface area (Å²) < 4.78 is 13.5. The van der Waals surface area contributed by atoms with Crippen LogP contribution in [0, 0.1) is 12.7 Å². The predicted molar refractivity (Wildman–Crippen MR) is 100 cm³/mol. The van der Waals surface area contributed by atoms with Gasteiger partial charge in [-0.05, 0) is 62.1 Å². The third kappa shape index (κ3) is 4.05. The molecule has 0 spiro atoms. The van der Waals surface area contributed by atoms with E-state index in [0.29, 0.717) is 34.9 Å². The van der Waals surface area contributed by atoms with Crippen molar-refractivity contribution in [3.63, 3.8) is 0 Å². The molecule has 1 heterocycles. The second-order valence-corrected chi connectivity index (χ2v) is 6.89. The number of aryl methyl sites for hydroxylation is 1. The fourth-order valence-electron chi connectivity index (χ4n) is 3.10. The molecule has 0 bridgehead atoms. The summed E-state index contributed by atoms with van der Waals surface area (Å²) in [6.07, 6.45) is 3.07. The lowest BCUT2D eigenvalue weighted by molar-refractivity contribution is 0.0725. The number of benzene rings is 2. The van der Waals surface area contributed by atoms with Crippen LogP contribution in [-0.2, 0) is 0 Å². The zero-order valence-corrected chi connectivity index (χ0v) is 15.3. The fraction of sp³-hybridized carbons (Fsp3) is 0.300. The van der Waals surface area contributed by atoms with Gasteiger partial charge < -0.3 is 10.2 Å². The van der Waals surface area contributed by atoms with Crippen molar-refractivity contribution in [2.75, 3.05) is 18.4 Å². The third-order valence-electron chi connectivity index (χ3n) is 4.55. The van der Waals surface area contributed by atoms with Gasteiger partial charge >= 0.3 is 0 Å². The van der Waals surface area contributed by atoms with E-state index in [0.717, 1.165) is 19.3 Å². The van der Waals surface area contributed by atoms with Crippen LogP contribution in [0.2, 0.25) is 5.02 Å². The smallest absolute Gasteiger partial charge is 0.256 e. The van der Waals surface area contributed by atoms with Gasteiger partial charge in [0.2, 0.25) is 0 Å². The van der Waals surface area contributed by atoms with E-state index in [2.05, 4.69) is 5.32 Å². The van der Waals surface area contributed by atoms with Gasteiger partial charge in [-0.2, -0.15) is 0 Å². The van der Waals surface area contributed by atoms with Crippen molar-refractivity contribution in [3.8, 4) is 0 Å². The van der Waals surface area contributed by atoms with Crippen LogP contribution in [0.25, 0.3) is 0 Å². The number of nitrogens with zero attached hydrogens (tertiary/aromatic N) is 1. The summed E-state index contributed by atoms with van der Waals surface area (Å²) in [6, 6.07) is 8.82. The van der Waals surface area contributed by atoms with Crippen LogP contribution >= 0.6 is 11.6 Å². The van der Waals surface area contributed by atoms with Gasteiger partial charge in [-0.15, -0.1) is 0 Å². The molecule has 6 heteroatoms. The molecule has 0 unspecified atom stereocenters. The molecule has 3 rings (SSSR count). The molecule has 4 nitrogen and oxygen atoms in total. The first-order valence-corrected chi connectivity index (χ1v) is 9.00. The number of rotatable bonds is 3. The molecule has 2 aromatic carbocycles. The summed E-state index contributed by atoms with van der Waals surface area (Å²) in [5, 5.41) is 3.13. The fourth-order valence-corrected chi connectivity index (χ4v) is 3.27. The van der Waals surface area contributed by atoms with E-state index >= 15 is 0 Å². The first-order valence-electron chi connectivity index (χ1n) is 8.62. The average molecular weight is 375 g/mol. The summed E-state index contributed by atoms with van der Waals surface area (Å²) in [5.41, 5.74) is 1.59. The normalized spacial score (nSPS) is 14.2. The molecule has 1 aliphatic heterocycles. The number of amides is 2. The second kappa shape index (κ2) is 7.87. The molecule has 2 aromatic rings. The Balaban J connectivity index is 1.89. The molecule has 2 amide bonds. The number of halogens is 2. The van der Waals surface area contributed by atoms with Crippen LogP contribution in [0.1, 0.15) is 45.5 Å². The molecule has 1 N–H and O–H groups in total. The average Bonchev–Trinajstić information content (AvgIpc) is 2.64. The monoisotopic (exact) mass is 374 g/mol. The van der Waals surface area contributed by atoms with Gasteiger partial charge in [0.1, 0.15) is 5.82 Å². The summed E-state index contributed by atoms with van der Waals surface area (Å²) in [5.74, 6) is -1.10. The molecule has 0 aromatic heterocycles. The van der Waals surface area contributed by atoms with E-state index in [1.807, 2.05) is 0 Å². The highest BCUT2D eigenvalue weighted by Crippen LogP contribution is 2.25. The van der Waals surface area contributed by atoms with Crippen LogP contribution in [0.3, 0.4) is 0 Å². The number of carbonyl (C=O) groups is 2. The van der Waals surface area contributed by atoms with Gasteiger partial charge in [-0.3, -0.25) is 9.59 Å². The maximum atomic E-state index is 13.5. The topological polar surface area (TPSA) is 49.4 Å². The molecule has 136 valence electrons. The Morgan fingerprint density at radius 2 is 1.77 bits per heavy atom. The van der Waals surface area contributed by atoms with E-state index in [-0.39, 0.29) is 11.5 Å². The molecule has 0 radical (unpaired) electrons. The van der Waals surface area contributed by atoms with Crippen molar-refractivity contribution in [3.05, 3.63) is 63.9 Å². The molecular formula is C20H20ClFN2O2. The summed E-state index contributed by atoms with van der Waals surface area (Å²) in [7, 11) is 0. The van der Waals surface area contributed by atoms with E-state index in [1.165, 1.54) is 12.1 Å². The molecule has 1 aliphatic rings. The SMILES string of the molecule is Cc1ccc(F)cc1C(=O)Nc1cc(Cl)ccc1C(=O)N1CCCCC1. The Hall–Kier alpha value is -2.40. The molecular weight excluding hydrogens is 355 g/mol. The third-order valence-corrected chi connectivity index (χ3v) is 4.78. The Morgan fingerprint density at radius 3 is 2.50 bits per heavy atom. The first kappa shape index (κ1) is 18.4. The van der Waals surface area contributed by atoms with Crippen molar-refractivity contribution >= 4 is 29.1 Å². The lowest BCUT2D eigenvalue weighted by Gasteiger charge is -2.27. The molecule has 0 aliphatic carbocycles. The van der Waals surface area contributed by atoms with E-state index in [1.54, 1.807) is 36.1 Å². The van der Waals surface area contributed by atoms with Crippen molar-refractivity contribution in [1.29, 1.82) is 0 Å². The van der Waals surface area contributed by atoms with Crippen LogP contribution in [0.5, 0.6) is 0 Å².